The predicted molar refractivity (Wildman–Crippen MR) is 88.4 cm³/mol. The molecule has 2 heterocycles. The van der Waals surface area contributed by atoms with Crippen LogP contribution in [0.3, 0.4) is 0 Å². The normalized spacial score (nSPS) is 16.0. The summed E-state index contributed by atoms with van der Waals surface area (Å²) in [6.45, 7) is 1.84. The van der Waals surface area contributed by atoms with E-state index in [9.17, 15) is 0 Å². The van der Waals surface area contributed by atoms with E-state index in [1.54, 1.807) is 20.5 Å². The van der Waals surface area contributed by atoms with Crippen molar-refractivity contribution in [2.75, 3.05) is 25.7 Å². The van der Waals surface area contributed by atoms with Gasteiger partial charge in [0.15, 0.2) is 11.5 Å². The third-order valence-corrected chi connectivity index (χ3v) is 4.87. The number of hydrogen-bond acceptors (Lipinski definition) is 5. The van der Waals surface area contributed by atoms with E-state index in [1.165, 1.54) is 28.8 Å². The van der Waals surface area contributed by atoms with E-state index >= 15 is 0 Å². The first-order chi connectivity index (χ1) is 11.3. The van der Waals surface area contributed by atoms with Gasteiger partial charge in [-0.1, -0.05) is 0 Å². The van der Waals surface area contributed by atoms with Crippen molar-refractivity contribution in [3.05, 3.63) is 40.8 Å². The molecule has 23 heavy (non-hydrogen) atoms. The minimum Gasteiger partial charge on any atom is -0.493 e. The molecular weight excluding hydrogens is 290 g/mol. The molecule has 0 saturated heterocycles. The first kappa shape index (κ1) is 14.3. The maximum atomic E-state index is 5.45. The maximum absolute atomic E-state index is 5.45. The minimum atomic E-state index is 0.793. The Morgan fingerprint density at radius 1 is 0.957 bits per heavy atom. The van der Waals surface area contributed by atoms with Crippen LogP contribution in [0.4, 0.5) is 5.82 Å². The van der Waals surface area contributed by atoms with E-state index in [4.69, 9.17) is 9.47 Å². The van der Waals surface area contributed by atoms with Gasteiger partial charge in [0.05, 0.1) is 14.2 Å². The second-order valence-corrected chi connectivity index (χ2v) is 6.12. The van der Waals surface area contributed by atoms with Gasteiger partial charge in [0.2, 0.25) is 0 Å². The number of aryl methyl sites for hydroxylation is 1. The van der Waals surface area contributed by atoms with Crippen molar-refractivity contribution in [1.82, 2.24) is 9.97 Å². The summed E-state index contributed by atoms with van der Waals surface area (Å²) < 4.78 is 10.9. The number of benzene rings is 1. The van der Waals surface area contributed by atoms with Crippen LogP contribution >= 0.6 is 0 Å². The molecule has 0 saturated carbocycles. The summed E-state index contributed by atoms with van der Waals surface area (Å²) in [5.74, 6) is 2.72. The van der Waals surface area contributed by atoms with Crippen LogP contribution in [-0.4, -0.2) is 30.7 Å². The van der Waals surface area contributed by atoms with E-state index in [0.29, 0.717) is 0 Å². The monoisotopic (exact) mass is 311 g/mol. The van der Waals surface area contributed by atoms with Crippen molar-refractivity contribution in [3.63, 3.8) is 0 Å². The molecule has 5 nitrogen and oxygen atoms in total. The quantitative estimate of drug-likeness (QED) is 0.872. The van der Waals surface area contributed by atoms with Gasteiger partial charge in [0.25, 0.3) is 0 Å². The minimum absolute atomic E-state index is 0.793. The lowest BCUT2D eigenvalue weighted by Crippen LogP contribution is -2.32. The smallest absolute Gasteiger partial charge is 0.161 e. The van der Waals surface area contributed by atoms with Crippen LogP contribution in [-0.2, 0) is 25.8 Å². The van der Waals surface area contributed by atoms with E-state index in [1.807, 2.05) is 0 Å². The lowest BCUT2D eigenvalue weighted by Gasteiger charge is -2.31. The molecule has 120 valence electrons. The summed E-state index contributed by atoms with van der Waals surface area (Å²) in [5.41, 5.74) is 5.20. The van der Waals surface area contributed by atoms with Crippen LogP contribution in [0.2, 0.25) is 0 Å². The van der Waals surface area contributed by atoms with Crippen LogP contribution in [0.15, 0.2) is 18.5 Å². The molecule has 2 aliphatic rings. The summed E-state index contributed by atoms with van der Waals surface area (Å²) >= 11 is 0. The molecule has 1 aliphatic carbocycles. The van der Waals surface area contributed by atoms with Crippen LogP contribution < -0.4 is 14.4 Å². The topological polar surface area (TPSA) is 47.5 Å². The molecule has 1 aromatic carbocycles. The Balaban J connectivity index is 1.68. The van der Waals surface area contributed by atoms with Crippen molar-refractivity contribution in [3.8, 4) is 11.5 Å². The average molecular weight is 311 g/mol. The summed E-state index contributed by atoms with van der Waals surface area (Å²) in [7, 11) is 3.37. The molecule has 4 rings (SSSR count). The molecule has 0 spiro atoms. The zero-order chi connectivity index (χ0) is 15.8. The average Bonchev–Trinajstić information content (AvgIpc) is 3.08. The van der Waals surface area contributed by atoms with Gasteiger partial charge in [-0.3, -0.25) is 0 Å². The highest BCUT2D eigenvalue weighted by molar-refractivity contribution is 5.55. The molecular formula is C18H21N3O2. The first-order valence-corrected chi connectivity index (χ1v) is 8.11. The molecule has 0 amide bonds. The molecule has 0 atom stereocenters. The highest BCUT2D eigenvalue weighted by atomic mass is 16.5. The van der Waals surface area contributed by atoms with E-state index in [2.05, 4.69) is 27.0 Å². The molecule has 1 aromatic heterocycles. The lowest BCUT2D eigenvalue weighted by atomic mass is 9.98. The fraction of sp³-hybridized carbons (Fsp3) is 0.444. The van der Waals surface area contributed by atoms with Gasteiger partial charge < -0.3 is 14.4 Å². The number of nitrogens with zero attached hydrogens (tertiary/aromatic N) is 3. The summed E-state index contributed by atoms with van der Waals surface area (Å²) in [6.07, 6.45) is 6.08. The SMILES string of the molecule is COc1cc2c(cc1OC)CN(c1ncnc3c1CCC3)CC2. The van der Waals surface area contributed by atoms with Crippen LogP contribution in [0.5, 0.6) is 11.5 Å². The van der Waals surface area contributed by atoms with Gasteiger partial charge in [-0.15, -0.1) is 0 Å². The summed E-state index contributed by atoms with van der Waals surface area (Å²) in [5, 5.41) is 0. The Morgan fingerprint density at radius 2 is 1.74 bits per heavy atom. The number of fused-ring (bicyclic) bond motifs is 2. The zero-order valence-electron chi connectivity index (χ0n) is 13.6. The Kier molecular flexibility index (Phi) is 3.56. The zero-order valence-corrected chi connectivity index (χ0v) is 13.6. The third kappa shape index (κ3) is 2.40. The molecule has 0 fully saturated rings. The molecule has 0 unspecified atom stereocenters. The number of methoxy groups -OCH3 is 2. The van der Waals surface area contributed by atoms with Gasteiger partial charge in [0, 0.05) is 24.3 Å². The van der Waals surface area contributed by atoms with Crippen LogP contribution in [0, 0.1) is 0 Å². The molecule has 2 aromatic rings. The van der Waals surface area contributed by atoms with Gasteiger partial charge in [-0.2, -0.15) is 0 Å². The van der Waals surface area contributed by atoms with Crippen molar-refractivity contribution >= 4 is 5.82 Å². The molecule has 0 N–H and O–H groups in total. The Morgan fingerprint density at radius 3 is 2.52 bits per heavy atom. The summed E-state index contributed by atoms with van der Waals surface area (Å²) in [6, 6.07) is 4.21. The van der Waals surface area contributed by atoms with Gasteiger partial charge in [-0.25, -0.2) is 9.97 Å². The van der Waals surface area contributed by atoms with Gasteiger partial charge >= 0.3 is 0 Å². The van der Waals surface area contributed by atoms with Crippen LogP contribution in [0.25, 0.3) is 0 Å². The van der Waals surface area contributed by atoms with Crippen molar-refractivity contribution in [2.24, 2.45) is 0 Å². The second-order valence-electron chi connectivity index (χ2n) is 6.12. The highest BCUT2D eigenvalue weighted by Gasteiger charge is 2.25. The Bertz CT molecular complexity index is 745. The first-order valence-electron chi connectivity index (χ1n) is 8.11. The van der Waals surface area contributed by atoms with Crippen molar-refractivity contribution < 1.29 is 9.47 Å². The largest absolute Gasteiger partial charge is 0.493 e. The number of ether oxygens (including phenoxy) is 2. The molecule has 0 bridgehead atoms. The third-order valence-electron chi connectivity index (χ3n) is 4.87. The number of aromatic nitrogens is 2. The van der Waals surface area contributed by atoms with Crippen molar-refractivity contribution in [2.45, 2.75) is 32.2 Å². The highest BCUT2D eigenvalue weighted by Crippen LogP contribution is 2.35. The Labute approximate surface area is 136 Å². The molecule has 0 radical (unpaired) electrons. The maximum Gasteiger partial charge on any atom is 0.161 e. The predicted octanol–water partition coefficient (Wildman–Crippen LogP) is 2.55. The van der Waals surface area contributed by atoms with E-state index in [-0.39, 0.29) is 0 Å². The number of rotatable bonds is 3. The van der Waals surface area contributed by atoms with Gasteiger partial charge in [0.1, 0.15) is 12.1 Å². The van der Waals surface area contributed by atoms with E-state index < -0.39 is 0 Å². The summed E-state index contributed by atoms with van der Waals surface area (Å²) in [4.78, 5) is 11.4. The molecule has 5 heteroatoms. The Hall–Kier alpha value is -2.30. The molecule has 1 aliphatic heterocycles. The lowest BCUT2D eigenvalue weighted by molar-refractivity contribution is 0.353. The van der Waals surface area contributed by atoms with Crippen LogP contribution in [0.1, 0.15) is 28.8 Å². The number of anilines is 1. The fourth-order valence-electron chi connectivity index (χ4n) is 3.68. The number of hydrogen-bond donors (Lipinski definition) is 0. The van der Waals surface area contributed by atoms with E-state index in [0.717, 1.165) is 49.7 Å². The fourth-order valence-corrected chi connectivity index (χ4v) is 3.68. The van der Waals surface area contributed by atoms with Gasteiger partial charge in [-0.05, 0) is 48.9 Å². The standard InChI is InChI=1S/C18H21N3O2/c1-22-16-8-12-6-7-21(10-13(12)9-17(16)23-2)18-14-4-3-5-15(14)19-11-20-18/h8-9,11H,3-7,10H2,1-2H3. The second kappa shape index (κ2) is 5.72. The van der Waals surface area contributed by atoms with Crippen molar-refractivity contribution in [1.29, 1.82) is 0 Å².